The molecular weight excluding hydrogens is 376 g/mol. The molecule has 1 nitrogen and oxygen atoms in total. The molecule has 2 unspecified atom stereocenters. The number of aliphatic hydroxyl groups is 1. The summed E-state index contributed by atoms with van der Waals surface area (Å²) >= 11 is 0. The first-order valence-electron chi connectivity index (χ1n) is 13.7. The molecule has 0 heterocycles. The Morgan fingerprint density at radius 2 is 1.84 bits per heavy atom. The van der Waals surface area contributed by atoms with Crippen LogP contribution in [0.3, 0.4) is 0 Å². The van der Waals surface area contributed by atoms with Crippen LogP contribution in [0.1, 0.15) is 113 Å². The lowest BCUT2D eigenvalue weighted by molar-refractivity contribution is -0.114. The first-order valence-corrected chi connectivity index (χ1v) is 13.7. The molecule has 4 aliphatic carbocycles. The quantitative estimate of drug-likeness (QED) is 0.438. The molecule has 0 saturated heterocycles. The van der Waals surface area contributed by atoms with Gasteiger partial charge in [-0.3, -0.25) is 0 Å². The minimum atomic E-state index is -0.0978. The van der Waals surface area contributed by atoms with Gasteiger partial charge in [-0.1, -0.05) is 57.4 Å². The predicted molar refractivity (Wildman–Crippen MR) is 133 cm³/mol. The first kappa shape index (κ1) is 23.6. The van der Waals surface area contributed by atoms with Gasteiger partial charge in [0.05, 0.1) is 6.10 Å². The van der Waals surface area contributed by atoms with Gasteiger partial charge < -0.3 is 5.11 Å². The van der Waals surface area contributed by atoms with Crippen LogP contribution in [0.2, 0.25) is 0 Å². The van der Waals surface area contributed by atoms with Crippen LogP contribution >= 0.6 is 0 Å². The van der Waals surface area contributed by atoms with Crippen LogP contribution in [-0.4, -0.2) is 11.2 Å². The fourth-order valence-corrected chi connectivity index (χ4v) is 9.34. The largest absolute Gasteiger partial charge is 0.393 e. The summed E-state index contributed by atoms with van der Waals surface area (Å²) in [6.45, 7) is 17.0. The van der Waals surface area contributed by atoms with E-state index < -0.39 is 0 Å². The smallest absolute Gasteiger partial charge is 0.0602 e. The molecule has 9 atom stereocenters. The average molecular weight is 427 g/mol. The molecule has 3 fully saturated rings. The van der Waals surface area contributed by atoms with Gasteiger partial charge in [-0.15, -0.1) is 0 Å². The molecule has 3 saturated carbocycles. The number of rotatable bonds is 5. The Hall–Kier alpha value is -0.560. The Kier molecular flexibility index (Phi) is 6.59. The zero-order chi connectivity index (χ0) is 22.6. The molecule has 0 radical (unpaired) electrons. The zero-order valence-electron chi connectivity index (χ0n) is 21.6. The van der Waals surface area contributed by atoms with Gasteiger partial charge in [-0.25, -0.2) is 0 Å². The van der Waals surface area contributed by atoms with Gasteiger partial charge in [0, 0.05) is 5.41 Å². The first-order chi connectivity index (χ1) is 14.6. The van der Waals surface area contributed by atoms with Crippen LogP contribution in [0.4, 0.5) is 0 Å². The summed E-state index contributed by atoms with van der Waals surface area (Å²) in [5.74, 6) is 4.54. The van der Waals surface area contributed by atoms with Gasteiger partial charge in [0.2, 0.25) is 0 Å². The predicted octanol–water partition coefficient (Wildman–Crippen LogP) is 8.34. The lowest BCUT2D eigenvalue weighted by atomic mass is 9.45. The standard InChI is InChI=1S/C30H50O/c1-8-22(19(2)3)11-9-20(4)24-14-15-26-23-12-13-25-21(5)10-16-28(31)30(25,7)27(23)17-18-29(24,26)6/h12,20-21,24-28,31H,8-11,13-18H2,1-7H3/t20-,21-,24-,25?,26+,27+,28?,29-,30+/m1/s1. The second-order valence-corrected chi connectivity index (χ2v) is 12.8. The van der Waals surface area contributed by atoms with Crippen molar-refractivity contribution in [2.75, 3.05) is 0 Å². The molecule has 0 aromatic heterocycles. The molecule has 0 amide bonds. The molecule has 1 heteroatoms. The summed E-state index contributed by atoms with van der Waals surface area (Å²) in [5.41, 5.74) is 5.61. The maximum Gasteiger partial charge on any atom is 0.0602 e. The van der Waals surface area contributed by atoms with Gasteiger partial charge >= 0.3 is 0 Å². The van der Waals surface area contributed by atoms with E-state index in [9.17, 15) is 5.11 Å². The van der Waals surface area contributed by atoms with E-state index in [1.807, 2.05) is 0 Å². The van der Waals surface area contributed by atoms with E-state index in [4.69, 9.17) is 0 Å². The van der Waals surface area contributed by atoms with E-state index >= 15 is 0 Å². The van der Waals surface area contributed by atoms with Crippen LogP contribution < -0.4 is 0 Å². The number of fused-ring (bicyclic) bond motifs is 5. The monoisotopic (exact) mass is 426 g/mol. The summed E-state index contributed by atoms with van der Waals surface area (Å²) in [4.78, 5) is 0. The Morgan fingerprint density at radius 1 is 1.10 bits per heavy atom. The van der Waals surface area contributed by atoms with Crippen LogP contribution in [0, 0.1) is 46.3 Å². The normalized spacial score (nSPS) is 45.2. The maximum atomic E-state index is 11.2. The summed E-state index contributed by atoms with van der Waals surface area (Å²) < 4.78 is 0. The topological polar surface area (TPSA) is 20.2 Å². The fourth-order valence-electron chi connectivity index (χ4n) is 9.34. The van der Waals surface area contributed by atoms with E-state index in [0.717, 1.165) is 30.1 Å². The van der Waals surface area contributed by atoms with E-state index in [1.54, 1.807) is 16.7 Å². The Morgan fingerprint density at radius 3 is 2.52 bits per heavy atom. The van der Waals surface area contributed by atoms with Crippen molar-refractivity contribution >= 4 is 0 Å². The Balaban J connectivity index is 1.54. The average Bonchev–Trinajstić information content (AvgIpc) is 3.08. The van der Waals surface area contributed by atoms with Crippen molar-refractivity contribution in [3.05, 3.63) is 22.8 Å². The fraction of sp³-hybridized carbons (Fsp3) is 0.867. The van der Waals surface area contributed by atoms with Gasteiger partial charge in [0.15, 0.2) is 0 Å². The lowest BCUT2D eigenvalue weighted by Crippen LogP contribution is -2.55. The highest BCUT2D eigenvalue weighted by atomic mass is 16.3. The molecule has 31 heavy (non-hydrogen) atoms. The summed E-state index contributed by atoms with van der Waals surface area (Å²) in [6.07, 6.45) is 15.4. The second-order valence-electron chi connectivity index (χ2n) is 12.8. The third kappa shape index (κ3) is 3.70. The van der Waals surface area contributed by atoms with Crippen molar-refractivity contribution in [2.24, 2.45) is 46.3 Å². The van der Waals surface area contributed by atoms with Crippen LogP contribution in [-0.2, 0) is 0 Å². The maximum absolute atomic E-state index is 11.2. The third-order valence-corrected chi connectivity index (χ3v) is 11.4. The van der Waals surface area contributed by atoms with Crippen molar-refractivity contribution < 1.29 is 5.11 Å². The van der Waals surface area contributed by atoms with Crippen molar-refractivity contribution in [1.82, 2.24) is 0 Å². The van der Waals surface area contributed by atoms with Crippen molar-refractivity contribution in [1.29, 1.82) is 0 Å². The van der Waals surface area contributed by atoms with Crippen molar-refractivity contribution in [3.8, 4) is 0 Å². The number of allylic oxidation sites excluding steroid dienone is 4. The number of aliphatic hydroxyl groups excluding tert-OH is 1. The number of hydrogen-bond acceptors (Lipinski definition) is 1. The molecule has 0 aromatic carbocycles. The van der Waals surface area contributed by atoms with E-state index in [-0.39, 0.29) is 11.5 Å². The minimum Gasteiger partial charge on any atom is -0.393 e. The third-order valence-electron chi connectivity index (χ3n) is 11.4. The van der Waals surface area contributed by atoms with E-state index in [2.05, 4.69) is 54.5 Å². The number of hydrogen-bond donors (Lipinski definition) is 1. The van der Waals surface area contributed by atoms with Gasteiger partial charge in [-0.2, -0.15) is 0 Å². The summed E-state index contributed by atoms with van der Waals surface area (Å²) in [6, 6.07) is 0. The summed E-state index contributed by atoms with van der Waals surface area (Å²) in [5, 5.41) is 11.2. The Labute approximate surface area is 193 Å². The molecule has 0 aliphatic heterocycles. The molecular formula is C30H50O. The summed E-state index contributed by atoms with van der Waals surface area (Å²) in [7, 11) is 0. The van der Waals surface area contributed by atoms with E-state index in [0.29, 0.717) is 17.3 Å². The highest BCUT2D eigenvalue weighted by molar-refractivity contribution is 5.28. The van der Waals surface area contributed by atoms with Gasteiger partial charge in [-0.05, 0) is 119 Å². The van der Waals surface area contributed by atoms with Gasteiger partial charge in [0.1, 0.15) is 0 Å². The molecule has 4 aliphatic rings. The molecule has 176 valence electrons. The molecule has 0 aromatic rings. The SMILES string of the molecule is CCC(CC[C@@H](C)[C@H]1CC[C@H]2C3=CCC4[C@H](C)CCC(O)[C@]4(C)[C@H]3CC[C@]12C)=C(C)C. The highest BCUT2D eigenvalue weighted by Crippen LogP contribution is 2.67. The van der Waals surface area contributed by atoms with Crippen molar-refractivity contribution in [3.63, 3.8) is 0 Å². The van der Waals surface area contributed by atoms with Crippen LogP contribution in [0.25, 0.3) is 0 Å². The minimum absolute atomic E-state index is 0.0978. The lowest BCUT2D eigenvalue weighted by Gasteiger charge is -2.60. The van der Waals surface area contributed by atoms with Crippen LogP contribution in [0.15, 0.2) is 22.8 Å². The molecule has 0 spiro atoms. The van der Waals surface area contributed by atoms with Crippen LogP contribution in [0.5, 0.6) is 0 Å². The molecule has 4 rings (SSSR count). The zero-order valence-corrected chi connectivity index (χ0v) is 21.6. The Bertz CT molecular complexity index is 727. The van der Waals surface area contributed by atoms with Crippen molar-refractivity contribution in [2.45, 2.75) is 119 Å². The molecule has 1 N–H and O–H groups in total. The highest BCUT2D eigenvalue weighted by Gasteiger charge is 2.60. The van der Waals surface area contributed by atoms with Gasteiger partial charge in [0.25, 0.3) is 0 Å². The molecule has 0 bridgehead atoms. The van der Waals surface area contributed by atoms with E-state index in [1.165, 1.54) is 57.8 Å². The second kappa shape index (κ2) is 8.66.